The molecule has 0 atom stereocenters. The van der Waals surface area contributed by atoms with Crippen LogP contribution in [-0.4, -0.2) is 35.8 Å². The van der Waals surface area contributed by atoms with Gasteiger partial charge in [0, 0.05) is 37.4 Å². The Bertz CT molecular complexity index is 1370. The molecule has 31 heavy (non-hydrogen) atoms. The fraction of sp³-hybridized carbons (Fsp3) is 0.0952. The van der Waals surface area contributed by atoms with Gasteiger partial charge in [-0.25, -0.2) is 22.8 Å². The molecule has 1 amide bonds. The number of carbonyl (C=O) groups excluding carboxylic acids is 1. The van der Waals surface area contributed by atoms with Crippen LogP contribution in [0.3, 0.4) is 0 Å². The summed E-state index contributed by atoms with van der Waals surface area (Å²) in [5.74, 6) is -0.621. The lowest BCUT2D eigenvalue weighted by molar-refractivity contribution is 0.0950. The van der Waals surface area contributed by atoms with Gasteiger partial charge in [0.25, 0.3) is 5.91 Å². The summed E-state index contributed by atoms with van der Waals surface area (Å²) in [6.45, 7) is 0.200. The average Bonchev–Trinajstić information content (AvgIpc) is 3.26. The van der Waals surface area contributed by atoms with Gasteiger partial charge in [0.1, 0.15) is 0 Å². The number of hydrogen-bond donors (Lipinski definition) is 1. The third-order valence-electron chi connectivity index (χ3n) is 4.63. The van der Waals surface area contributed by atoms with Crippen LogP contribution in [-0.2, 0) is 16.4 Å². The van der Waals surface area contributed by atoms with Gasteiger partial charge in [-0.3, -0.25) is 9.20 Å². The molecule has 0 aliphatic carbocycles. The number of sulfone groups is 1. The molecule has 0 aliphatic rings. The number of nitrogens with zero attached hydrogens (tertiary/aromatic N) is 3. The quantitative estimate of drug-likeness (QED) is 0.463. The summed E-state index contributed by atoms with van der Waals surface area (Å²) in [5.41, 5.74) is 1.08. The number of fused-ring (bicyclic) bond motifs is 1. The summed E-state index contributed by atoms with van der Waals surface area (Å²) in [4.78, 5) is 20.4. The fourth-order valence-corrected chi connectivity index (χ4v) is 4.22. The number of carbonyl (C=O) groups is 1. The van der Waals surface area contributed by atoms with E-state index in [1.807, 2.05) is 0 Å². The Labute approximate surface area is 177 Å². The second-order valence-corrected chi connectivity index (χ2v) is 8.55. The maximum Gasteiger partial charge on any atom is 0.254 e. The molecule has 8 nitrogen and oxygen atoms in total. The molecule has 0 saturated carbocycles. The Morgan fingerprint density at radius 2 is 1.87 bits per heavy atom. The predicted molar refractivity (Wildman–Crippen MR) is 109 cm³/mol. The highest BCUT2D eigenvalue weighted by Crippen LogP contribution is 2.26. The van der Waals surface area contributed by atoms with Crippen molar-refractivity contribution in [1.29, 1.82) is 0 Å². The molecule has 0 bridgehead atoms. The molecular weight excluding hydrogens is 423 g/mol. The van der Waals surface area contributed by atoms with Crippen molar-refractivity contribution in [3.05, 3.63) is 84.2 Å². The van der Waals surface area contributed by atoms with Gasteiger partial charge in [-0.05, 0) is 29.8 Å². The Kier molecular flexibility index (Phi) is 5.38. The highest BCUT2D eigenvalue weighted by molar-refractivity contribution is 7.91. The Morgan fingerprint density at radius 1 is 1.13 bits per heavy atom. The second kappa shape index (κ2) is 8.15. The van der Waals surface area contributed by atoms with Crippen molar-refractivity contribution in [2.24, 2.45) is 0 Å². The molecule has 2 aromatic carbocycles. The molecule has 0 aliphatic heterocycles. The fourth-order valence-electron chi connectivity index (χ4n) is 2.95. The highest BCUT2D eigenvalue weighted by atomic mass is 32.2. The van der Waals surface area contributed by atoms with Gasteiger partial charge in [0.2, 0.25) is 15.6 Å². The lowest BCUT2D eigenvalue weighted by Gasteiger charge is -2.09. The first-order chi connectivity index (χ1) is 14.9. The van der Waals surface area contributed by atoms with Crippen LogP contribution in [0.5, 0.6) is 5.75 Å². The van der Waals surface area contributed by atoms with Crippen molar-refractivity contribution in [2.75, 3.05) is 7.11 Å². The van der Waals surface area contributed by atoms with Crippen molar-refractivity contribution >= 4 is 21.5 Å². The van der Waals surface area contributed by atoms with Crippen LogP contribution in [0, 0.1) is 5.82 Å². The minimum Gasteiger partial charge on any atom is -0.494 e. The third kappa shape index (κ3) is 4.10. The SMILES string of the molecule is COc1cc(S(=O)(=O)c2ccc(CNC(=O)c3cnc4nccn4c3)cc2)ccc1F. The van der Waals surface area contributed by atoms with Gasteiger partial charge in [-0.15, -0.1) is 0 Å². The van der Waals surface area contributed by atoms with Crippen LogP contribution < -0.4 is 10.1 Å². The molecule has 2 heterocycles. The highest BCUT2D eigenvalue weighted by Gasteiger charge is 2.19. The summed E-state index contributed by atoms with van der Waals surface area (Å²) in [6, 6.07) is 9.45. The zero-order valence-electron chi connectivity index (χ0n) is 16.3. The van der Waals surface area contributed by atoms with Crippen molar-refractivity contribution in [3.8, 4) is 5.75 Å². The minimum atomic E-state index is -3.85. The lowest BCUT2D eigenvalue weighted by atomic mass is 10.2. The number of imidazole rings is 1. The van der Waals surface area contributed by atoms with Crippen LogP contribution in [0.25, 0.3) is 5.78 Å². The van der Waals surface area contributed by atoms with Gasteiger partial charge < -0.3 is 10.1 Å². The number of aromatic nitrogens is 3. The number of benzene rings is 2. The largest absolute Gasteiger partial charge is 0.494 e. The van der Waals surface area contributed by atoms with Crippen molar-refractivity contribution < 1.29 is 22.3 Å². The number of methoxy groups -OCH3 is 1. The van der Waals surface area contributed by atoms with E-state index in [2.05, 4.69) is 15.3 Å². The van der Waals surface area contributed by atoms with Gasteiger partial charge in [0.05, 0.1) is 22.5 Å². The van der Waals surface area contributed by atoms with Crippen molar-refractivity contribution in [1.82, 2.24) is 19.7 Å². The molecule has 10 heteroatoms. The van der Waals surface area contributed by atoms with Gasteiger partial charge >= 0.3 is 0 Å². The van der Waals surface area contributed by atoms with Gasteiger partial charge in [0.15, 0.2) is 11.6 Å². The van der Waals surface area contributed by atoms with Crippen molar-refractivity contribution in [3.63, 3.8) is 0 Å². The summed E-state index contributed by atoms with van der Waals surface area (Å²) >= 11 is 0. The van der Waals surface area contributed by atoms with Crippen LogP contribution in [0.2, 0.25) is 0 Å². The molecule has 0 saturated heterocycles. The van der Waals surface area contributed by atoms with Crippen molar-refractivity contribution in [2.45, 2.75) is 16.3 Å². The standard InChI is InChI=1S/C21H17FN4O4S/c1-30-19-10-17(6-7-18(19)22)31(28,29)16-4-2-14(3-5-16)11-24-20(27)15-12-25-21-23-8-9-26(21)13-15/h2-10,12-13H,11H2,1H3,(H,24,27). The lowest BCUT2D eigenvalue weighted by Crippen LogP contribution is -2.23. The number of hydrogen-bond acceptors (Lipinski definition) is 6. The van der Waals surface area contributed by atoms with E-state index in [1.54, 1.807) is 35.1 Å². The first-order valence-electron chi connectivity index (χ1n) is 9.13. The zero-order chi connectivity index (χ0) is 22.0. The Morgan fingerprint density at radius 3 is 2.61 bits per heavy atom. The summed E-state index contributed by atoms with van der Waals surface area (Å²) in [7, 11) is -2.58. The number of nitrogens with one attached hydrogen (secondary N) is 1. The number of ether oxygens (including phenoxy) is 1. The van der Waals surface area contributed by atoms with E-state index in [0.717, 1.165) is 12.1 Å². The Hall–Kier alpha value is -3.79. The topological polar surface area (TPSA) is 103 Å². The van der Waals surface area contributed by atoms with Crippen LogP contribution in [0.15, 0.2) is 77.0 Å². The monoisotopic (exact) mass is 440 g/mol. The smallest absolute Gasteiger partial charge is 0.254 e. The summed E-state index contributed by atoms with van der Waals surface area (Å²) in [5, 5.41) is 2.76. The summed E-state index contributed by atoms with van der Waals surface area (Å²) in [6.07, 6.45) is 6.33. The van der Waals surface area contributed by atoms with Gasteiger partial charge in [-0.1, -0.05) is 12.1 Å². The molecule has 1 N–H and O–H groups in total. The number of amides is 1. The molecular formula is C21H17FN4O4S. The maximum absolute atomic E-state index is 13.6. The maximum atomic E-state index is 13.6. The average molecular weight is 440 g/mol. The number of rotatable bonds is 6. The molecule has 0 unspecified atom stereocenters. The second-order valence-electron chi connectivity index (χ2n) is 6.60. The van der Waals surface area contributed by atoms with Crippen LogP contribution in [0.1, 0.15) is 15.9 Å². The third-order valence-corrected chi connectivity index (χ3v) is 6.39. The van der Waals surface area contributed by atoms with Crippen LogP contribution >= 0.6 is 0 Å². The summed E-state index contributed by atoms with van der Waals surface area (Å²) < 4.78 is 45.7. The molecule has 158 valence electrons. The molecule has 4 aromatic rings. The van der Waals surface area contributed by atoms with Crippen LogP contribution in [0.4, 0.5) is 4.39 Å². The van der Waals surface area contributed by atoms with E-state index < -0.39 is 15.7 Å². The predicted octanol–water partition coefficient (Wildman–Crippen LogP) is 2.64. The van der Waals surface area contributed by atoms with E-state index in [1.165, 1.54) is 31.5 Å². The number of halogens is 1. The van der Waals surface area contributed by atoms with Gasteiger partial charge in [-0.2, -0.15) is 0 Å². The molecule has 2 aromatic heterocycles. The van der Waals surface area contributed by atoms with E-state index in [-0.39, 0.29) is 28.0 Å². The minimum absolute atomic E-state index is 0.0472. The van der Waals surface area contributed by atoms with E-state index in [9.17, 15) is 17.6 Å². The Balaban J connectivity index is 1.47. The molecule has 0 radical (unpaired) electrons. The molecule has 4 rings (SSSR count). The zero-order valence-corrected chi connectivity index (χ0v) is 17.1. The van der Waals surface area contributed by atoms with E-state index >= 15 is 0 Å². The first-order valence-corrected chi connectivity index (χ1v) is 10.6. The molecule has 0 fully saturated rings. The van der Waals surface area contributed by atoms with E-state index in [0.29, 0.717) is 16.9 Å². The normalized spacial score (nSPS) is 11.4. The molecule has 0 spiro atoms. The van der Waals surface area contributed by atoms with E-state index in [4.69, 9.17) is 4.74 Å². The first kappa shape index (κ1) is 20.5.